The molecule has 2 aromatic rings. The van der Waals surface area contributed by atoms with Gasteiger partial charge in [0.1, 0.15) is 11.6 Å². The third-order valence-corrected chi connectivity index (χ3v) is 3.31. The molecule has 0 aliphatic rings. The maximum Gasteiger partial charge on any atom is 0.142 e. The Hall–Kier alpha value is -1.45. The van der Waals surface area contributed by atoms with Crippen molar-refractivity contribution in [2.75, 3.05) is 0 Å². The zero-order valence-corrected chi connectivity index (χ0v) is 11.1. The molecule has 0 amide bonds. The molecule has 0 fully saturated rings. The van der Waals surface area contributed by atoms with E-state index in [2.05, 4.69) is 0 Å². The molecule has 19 heavy (non-hydrogen) atoms. The summed E-state index contributed by atoms with van der Waals surface area (Å²) in [5.41, 5.74) is 1.94. The largest absolute Gasteiger partial charge is 0.388 e. The first-order chi connectivity index (χ1) is 8.97. The van der Waals surface area contributed by atoms with Crippen molar-refractivity contribution < 1.29 is 13.9 Å². The highest BCUT2D eigenvalue weighted by Crippen LogP contribution is 2.24. The summed E-state index contributed by atoms with van der Waals surface area (Å²) in [6.07, 6.45) is -0.554. The molecule has 0 saturated carbocycles. The summed E-state index contributed by atoms with van der Waals surface area (Å²) in [7, 11) is 0. The molecule has 1 unspecified atom stereocenters. The highest BCUT2D eigenvalue weighted by atomic mass is 35.5. The van der Waals surface area contributed by atoms with Crippen LogP contribution in [0.5, 0.6) is 0 Å². The molecule has 1 N–H and O–H groups in total. The Labute approximate surface area is 115 Å². The molecule has 4 heteroatoms. The van der Waals surface area contributed by atoms with E-state index in [9.17, 15) is 13.9 Å². The average Bonchev–Trinajstić information content (AvgIpc) is 2.33. The molecule has 0 bridgehead atoms. The van der Waals surface area contributed by atoms with Crippen molar-refractivity contribution in [1.29, 1.82) is 0 Å². The van der Waals surface area contributed by atoms with Crippen LogP contribution in [0.2, 0.25) is 5.02 Å². The van der Waals surface area contributed by atoms with Gasteiger partial charge in [-0.2, -0.15) is 0 Å². The quantitative estimate of drug-likeness (QED) is 0.894. The lowest BCUT2D eigenvalue weighted by atomic mass is 9.97. The van der Waals surface area contributed by atoms with Crippen LogP contribution in [0.1, 0.15) is 22.8 Å². The van der Waals surface area contributed by atoms with Gasteiger partial charge in [-0.05, 0) is 47.9 Å². The fraction of sp³-hybridized carbons (Fsp3) is 0.200. The molecule has 0 aliphatic heterocycles. The Bertz CT molecular complexity index is 599. The fourth-order valence-electron chi connectivity index (χ4n) is 2.01. The maximum absolute atomic E-state index is 13.3. The van der Waals surface area contributed by atoms with Crippen molar-refractivity contribution in [3.63, 3.8) is 0 Å². The molecule has 2 rings (SSSR count). The molecule has 2 aromatic carbocycles. The second kappa shape index (κ2) is 5.68. The number of halogens is 3. The minimum Gasteiger partial charge on any atom is -0.388 e. The van der Waals surface area contributed by atoms with Crippen molar-refractivity contribution in [3.8, 4) is 0 Å². The number of rotatable bonds is 3. The van der Waals surface area contributed by atoms with Gasteiger partial charge in [0.2, 0.25) is 0 Å². The average molecular weight is 283 g/mol. The van der Waals surface area contributed by atoms with E-state index >= 15 is 0 Å². The van der Waals surface area contributed by atoms with Crippen LogP contribution in [-0.2, 0) is 6.42 Å². The Balaban J connectivity index is 2.20. The van der Waals surface area contributed by atoms with Crippen LogP contribution in [0.3, 0.4) is 0 Å². The van der Waals surface area contributed by atoms with Gasteiger partial charge in [-0.1, -0.05) is 23.7 Å². The van der Waals surface area contributed by atoms with Gasteiger partial charge < -0.3 is 5.11 Å². The van der Waals surface area contributed by atoms with E-state index in [4.69, 9.17) is 11.6 Å². The topological polar surface area (TPSA) is 20.2 Å². The molecule has 0 aliphatic carbocycles. The van der Waals surface area contributed by atoms with Crippen LogP contribution >= 0.6 is 11.6 Å². The van der Waals surface area contributed by atoms with Crippen molar-refractivity contribution in [2.24, 2.45) is 0 Å². The second-order valence-electron chi connectivity index (χ2n) is 4.47. The minimum absolute atomic E-state index is 0.0520. The van der Waals surface area contributed by atoms with Crippen molar-refractivity contribution in [3.05, 3.63) is 69.7 Å². The molecule has 1 nitrogen and oxygen atoms in total. The fourth-order valence-corrected chi connectivity index (χ4v) is 2.13. The van der Waals surface area contributed by atoms with Crippen LogP contribution in [0.15, 0.2) is 36.4 Å². The first-order valence-corrected chi connectivity index (χ1v) is 6.23. The highest BCUT2D eigenvalue weighted by Gasteiger charge is 2.13. The minimum atomic E-state index is -0.804. The highest BCUT2D eigenvalue weighted by molar-refractivity contribution is 6.30. The summed E-state index contributed by atoms with van der Waals surface area (Å²) in [5.74, 6) is -0.854. The van der Waals surface area contributed by atoms with Crippen LogP contribution in [0.25, 0.3) is 0 Å². The molecule has 0 heterocycles. The smallest absolute Gasteiger partial charge is 0.142 e. The molecule has 0 radical (unpaired) electrons. The Morgan fingerprint density at radius 2 is 1.89 bits per heavy atom. The van der Waals surface area contributed by atoms with Crippen molar-refractivity contribution in [1.82, 2.24) is 0 Å². The first kappa shape index (κ1) is 14.0. The molecular formula is C15H13ClF2O. The summed E-state index contributed by atoms with van der Waals surface area (Å²) < 4.78 is 26.3. The van der Waals surface area contributed by atoms with Gasteiger partial charge in [-0.15, -0.1) is 0 Å². The molecule has 0 saturated heterocycles. The lowest BCUT2D eigenvalue weighted by Crippen LogP contribution is -2.04. The zero-order valence-electron chi connectivity index (χ0n) is 10.3. The molecule has 100 valence electrons. The monoisotopic (exact) mass is 282 g/mol. The predicted octanol–water partition coefficient (Wildman–Crippen LogP) is 4.20. The van der Waals surface area contributed by atoms with E-state index in [-0.39, 0.29) is 17.3 Å². The summed E-state index contributed by atoms with van der Waals surface area (Å²) >= 11 is 5.60. The Morgan fingerprint density at radius 3 is 2.53 bits per heavy atom. The summed E-state index contributed by atoms with van der Waals surface area (Å²) in [5, 5.41) is 10.2. The summed E-state index contributed by atoms with van der Waals surface area (Å²) in [6.45, 7) is 1.73. The first-order valence-electron chi connectivity index (χ1n) is 5.85. The number of benzene rings is 2. The van der Waals surface area contributed by atoms with Gasteiger partial charge in [0.25, 0.3) is 0 Å². The molecular weight excluding hydrogens is 270 g/mol. The number of aliphatic hydroxyl groups excluding tert-OH is 1. The van der Waals surface area contributed by atoms with E-state index < -0.39 is 11.9 Å². The van der Waals surface area contributed by atoms with E-state index in [0.29, 0.717) is 16.7 Å². The molecule has 0 aromatic heterocycles. The van der Waals surface area contributed by atoms with Crippen LogP contribution in [0.4, 0.5) is 8.78 Å². The SMILES string of the molecule is Cc1cc(F)ccc1C(O)Cc1ccc(Cl)c(F)c1. The normalized spacial score (nSPS) is 12.5. The Morgan fingerprint density at radius 1 is 1.16 bits per heavy atom. The predicted molar refractivity (Wildman–Crippen MR) is 71.2 cm³/mol. The second-order valence-corrected chi connectivity index (χ2v) is 4.88. The summed E-state index contributed by atoms with van der Waals surface area (Å²) in [4.78, 5) is 0. The van der Waals surface area contributed by atoms with E-state index in [1.807, 2.05) is 0 Å². The Kier molecular flexibility index (Phi) is 4.17. The van der Waals surface area contributed by atoms with Crippen molar-refractivity contribution in [2.45, 2.75) is 19.4 Å². The van der Waals surface area contributed by atoms with E-state index in [0.717, 1.165) is 0 Å². The third-order valence-electron chi connectivity index (χ3n) is 3.00. The number of aryl methyl sites for hydroxylation is 1. The van der Waals surface area contributed by atoms with E-state index in [1.165, 1.54) is 24.3 Å². The number of hydrogen-bond acceptors (Lipinski definition) is 1. The van der Waals surface area contributed by atoms with Gasteiger partial charge in [0, 0.05) is 6.42 Å². The molecule has 0 spiro atoms. The third kappa shape index (κ3) is 3.31. The molecule has 1 atom stereocenters. The van der Waals surface area contributed by atoms with Gasteiger partial charge in [-0.25, -0.2) is 8.78 Å². The zero-order chi connectivity index (χ0) is 14.0. The van der Waals surface area contributed by atoms with Gasteiger partial charge >= 0.3 is 0 Å². The van der Waals surface area contributed by atoms with Gasteiger partial charge in [0.05, 0.1) is 11.1 Å². The lowest BCUT2D eigenvalue weighted by molar-refractivity contribution is 0.177. The van der Waals surface area contributed by atoms with Gasteiger partial charge in [-0.3, -0.25) is 0 Å². The maximum atomic E-state index is 13.3. The van der Waals surface area contributed by atoms with Crippen LogP contribution in [-0.4, -0.2) is 5.11 Å². The van der Waals surface area contributed by atoms with Crippen molar-refractivity contribution >= 4 is 11.6 Å². The number of aliphatic hydroxyl groups is 1. The number of hydrogen-bond donors (Lipinski definition) is 1. The van der Waals surface area contributed by atoms with E-state index in [1.54, 1.807) is 19.1 Å². The van der Waals surface area contributed by atoms with Crippen LogP contribution in [0, 0.1) is 18.6 Å². The van der Waals surface area contributed by atoms with Crippen LogP contribution < -0.4 is 0 Å². The summed E-state index contributed by atoms with van der Waals surface area (Å²) in [6, 6.07) is 8.62. The van der Waals surface area contributed by atoms with Gasteiger partial charge in [0.15, 0.2) is 0 Å². The lowest BCUT2D eigenvalue weighted by Gasteiger charge is -2.14. The standard InChI is InChI=1S/C15H13ClF2O/c1-9-6-11(17)3-4-12(9)15(19)8-10-2-5-13(16)14(18)7-10/h2-7,15,19H,8H2,1H3.